The molecule has 0 spiro atoms. The SMILES string of the molecule is Cn1ccnc1C(NC(=O)c1ccccc1Cn1cncn1)c1ccc(F)cc1. The third-order valence-corrected chi connectivity index (χ3v) is 4.66. The number of hydrogen-bond acceptors (Lipinski definition) is 4. The van der Waals surface area contributed by atoms with Crippen molar-refractivity contribution in [2.45, 2.75) is 12.6 Å². The first-order valence-electron chi connectivity index (χ1n) is 9.05. The Bertz CT molecular complexity index is 1100. The molecule has 0 bridgehead atoms. The quantitative estimate of drug-likeness (QED) is 0.549. The van der Waals surface area contributed by atoms with Gasteiger partial charge in [-0.1, -0.05) is 30.3 Å². The summed E-state index contributed by atoms with van der Waals surface area (Å²) >= 11 is 0. The van der Waals surface area contributed by atoms with Gasteiger partial charge in [0.05, 0.1) is 6.54 Å². The standard InChI is InChI=1S/C21H19FN6O/c1-27-11-10-24-20(27)19(15-6-8-17(22)9-7-15)26-21(29)18-5-3-2-4-16(18)12-28-14-23-13-25-28/h2-11,13-14,19H,12H2,1H3,(H,26,29). The molecule has 2 heterocycles. The predicted octanol–water partition coefficient (Wildman–Crippen LogP) is 2.72. The van der Waals surface area contributed by atoms with E-state index in [1.54, 1.807) is 41.6 Å². The summed E-state index contributed by atoms with van der Waals surface area (Å²) in [6.45, 7) is 0.424. The molecule has 0 aliphatic heterocycles. The number of nitrogens with one attached hydrogen (secondary N) is 1. The molecule has 2 aromatic carbocycles. The van der Waals surface area contributed by atoms with Gasteiger partial charge in [-0.15, -0.1) is 0 Å². The molecule has 1 unspecified atom stereocenters. The van der Waals surface area contributed by atoms with Crippen molar-refractivity contribution in [2.24, 2.45) is 7.05 Å². The van der Waals surface area contributed by atoms with Crippen molar-refractivity contribution in [3.8, 4) is 0 Å². The fourth-order valence-corrected chi connectivity index (χ4v) is 3.18. The van der Waals surface area contributed by atoms with Crippen LogP contribution in [-0.2, 0) is 13.6 Å². The van der Waals surface area contributed by atoms with Gasteiger partial charge < -0.3 is 9.88 Å². The zero-order chi connectivity index (χ0) is 20.2. The summed E-state index contributed by atoms with van der Waals surface area (Å²) in [5.74, 6) is 0.0635. The first-order valence-corrected chi connectivity index (χ1v) is 9.05. The molecule has 2 aromatic heterocycles. The molecule has 1 amide bonds. The van der Waals surface area contributed by atoms with Crippen LogP contribution < -0.4 is 5.32 Å². The van der Waals surface area contributed by atoms with Crippen LogP contribution in [0.5, 0.6) is 0 Å². The summed E-state index contributed by atoms with van der Waals surface area (Å²) in [4.78, 5) is 21.5. The van der Waals surface area contributed by atoms with Crippen LogP contribution in [0.3, 0.4) is 0 Å². The van der Waals surface area contributed by atoms with Crippen LogP contribution in [0.25, 0.3) is 0 Å². The van der Waals surface area contributed by atoms with Crippen molar-refractivity contribution in [3.05, 3.63) is 102 Å². The summed E-state index contributed by atoms with van der Waals surface area (Å²) in [6.07, 6.45) is 6.52. The van der Waals surface area contributed by atoms with E-state index in [9.17, 15) is 9.18 Å². The zero-order valence-electron chi connectivity index (χ0n) is 15.7. The van der Waals surface area contributed by atoms with E-state index in [-0.39, 0.29) is 11.7 Å². The van der Waals surface area contributed by atoms with Gasteiger partial charge in [0.15, 0.2) is 0 Å². The van der Waals surface area contributed by atoms with Gasteiger partial charge in [-0.2, -0.15) is 5.10 Å². The maximum atomic E-state index is 13.4. The topological polar surface area (TPSA) is 77.6 Å². The average molecular weight is 390 g/mol. The molecule has 0 aliphatic rings. The second-order valence-corrected chi connectivity index (χ2v) is 6.60. The molecule has 7 nitrogen and oxygen atoms in total. The van der Waals surface area contributed by atoms with Gasteiger partial charge in [0.25, 0.3) is 5.91 Å². The van der Waals surface area contributed by atoms with Gasteiger partial charge in [0.1, 0.15) is 30.3 Å². The summed E-state index contributed by atoms with van der Waals surface area (Å²) in [5, 5.41) is 7.15. The van der Waals surface area contributed by atoms with Crippen LogP contribution in [-0.4, -0.2) is 30.2 Å². The van der Waals surface area contributed by atoms with Gasteiger partial charge in [-0.25, -0.2) is 19.0 Å². The number of imidazole rings is 1. The van der Waals surface area contributed by atoms with Crippen molar-refractivity contribution in [1.82, 2.24) is 29.6 Å². The van der Waals surface area contributed by atoms with Crippen LogP contribution >= 0.6 is 0 Å². The highest BCUT2D eigenvalue weighted by Gasteiger charge is 2.22. The number of rotatable bonds is 6. The van der Waals surface area contributed by atoms with E-state index < -0.39 is 6.04 Å². The van der Waals surface area contributed by atoms with E-state index in [1.165, 1.54) is 18.5 Å². The second kappa shape index (κ2) is 8.05. The molecule has 29 heavy (non-hydrogen) atoms. The molecule has 4 rings (SSSR count). The molecule has 0 saturated heterocycles. The van der Waals surface area contributed by atoms with Crippen LogP contribution in [0.2, 0.25) is 0 Å². The third kappa shape index (κ3) is 4.06. The van der Waals surface area contributed by atoms with Crippen LogP contribution in [0.15, 0.2) is 73.6 Å². The van der Waals surface area contributed by atoms with Gasteiger partial charge in [-0.05, 0) is 29.3 Å². The molecular formula is C21H19FN6O. The number of benzene rings is 2. The molecular weight excluding hydrogens is 371 g/mol. The van der Waals surface area contributed by atoms with Crippen molar-refractivity contribution in [1.29, 1.82) is 0 Å². The number of halogens is 1. The van der Waals surface area contributed by atoms with Gasteiger partial charge >= 0.3 is 0 Å². The Hall–Kier alpha value is -3.81. The highest BCUT2D eigenvalue weighted by Crippen LogP contribution is 2.22. The Balaban J connectivity index is 1.65. The Morgan fingerprint density at radius 2 is 1.97 bits per heavy atom. The van der Waals surface area contributed by atoms with Crippen molar-refractivity contribution >= 4 is 5.91 Å². The lowest BCUT2D eigenvalue weighted by atomic mass is 10.0. The zero-order valence-corrected chi connectivity index (χ0v) is 15.7. The van der Waals surface area contributed by atoms with Crippen molar-refractivity contribution < 1.29 is 9.18 Å². The minimum absolute atomic E-state index is 0.252. The molecule has 1 atom stereocenters. The average Bonchev–Trinajstić information content (AvgIpc) is 3.39. The number of aromatic nitrogens is 5. The first kappa shape index (κ1) is 18.5. The molecule has 146 valence electrons. The Kier molecular flexibility index (Phi) is 5.15. The van der Waals surface area contributed by atoms with E-state index in [0.29, 0.717) is 17.9 Å². The molecule has 4 aromatic rings. The fourth-order valence-electron chi connectivity index (χ4n) is 3.18. The van der Waals surface area contributed by atoms with Crippen molar-refractivity contribution in [3.63, 3.8) is 0 Å². The number of carbonyl (C=O) groups excluding carboxylic acids is 1. The normalized spacial score (nSPS) is 11.9. The predicted molar refractivity (Wildman–Crippen MR) is 104 cm³/mol. The number of hydrogen-bond donors (Lipinski definition) is 1. The lowest BCUT2D eigenvalue weighted by molar-refractivity contribution is 0.0940. The van der Waals surface area contributed by atoms with Crippen molar-refractivity contribution in [2.75, 3.05) is 0 Å². The van der Waals surface area contributed by atoms with E-state index in [0.717, 1.165) is 11.1 Å². The second-order valence-electron chi connectivity index (χ2n) is 6.60. The maximum absolute atomic E-state index is 13.4. The highest BCUT2D eigenvalue weighted by atomic mass is 19.1. The fraction of sp³-hybridized carbons (Fsp3) is 0.143. The van der Waals surface area contributed by atoms with E-state index in [2.05, 4.69) is 20.4 Å². The highest BCUT2D eigenvalue weighted by molar-refractivity contribution is 5.96. The van der Waals surface area contributed by atoms with Crippen LogP contribution in [0.1, 0.15) is 33.4 Å². The number of nitrogens with zero attached hydrogens (tertiary/aromatic N) is 5. The Labute approximate surface area is 166 Å². The molecule has 0 radical (unpaired) electrons. The number of carbonyl (C=O) groups is 1. The number of amides is 1. The van der Waals surface area contributed by atoms with Crippen LogP contribution in [0.4, 0.5) is 4.39 Å². The molecule has 8 heteroatoms. The van der Waals surface area contributed by atoms with Crippen LogP contribution in [0, 0.1) is 5.82 Å². The maximum Gasteiger partial charge on any atom is 0.252 e. The van der Waals surface area contributed by atoms with Gasteiger partial charge in [-0.3, -0.25) is 4.79 Å². The smallest absolute Gasteiger partial charge is 0.252 e. The Morgan fingerprint density at radius 3 is 2.66 bits per heavy atom. The van der Waals surface area contributed by atoms with Gasteiger partial charge in [0.2, 0.25) is 0 Å². The summed E-state index contributed by atoms with van der Waals surface area (Å²) in [5.41, 5.74) is 2.08. The van der Waals surface area contributed by atoms with E-state index >= 15 is 0 Å². The molecule has 0 fully saturated rings. The minimum atomic E-state index is -0.525. The summed E-state index contributed by atoms with van der Waals surface area (Å²) < 4.78 is 16.9. The van der Waals surface area contributed by atoms with E-state index in [4.69, 9.17) is 0 Å². The third-order valence-electron chi connectivity index (χ3n) is 4.66. The molecule has 0 aliphatic carbocycles. The molecule has 0 saturated carbocycles. The Morgan fingerprint density at radius 1 is 1.17 bits per heavy atom. The lowest BCUT2D eigenvalue weighted by Crippen LogP contribution is -2.32. The first-order chi connectivity index (χ1) is 14.1. The van der Waals surface area contributed by atoms with Gasteiger partial charge in [0, 0.05) is 25.0 Å². The summed E-state index contributed by atoms with van der Waals surface area (Å²) in [6, 6.07) is 12.8. The minimum Gasteiger partial charge on any atom is -0.338 e. The number of aryl methyl sites for hydroxylation is 1. The largest absolute Gasteiger partial charge is 0.338 e. The lowest BCUT2D eigenvalue weighted by Gasteiger charge is -2.20. The summed E-state index contributed by atoms with van der Waals surface area (Å²) in [7, 11) is 1.85. The molecule has 1 N–H and O–H groups in total. The monoisotopic (exact) mass is 390 g/mol. The van der Waals surface area contributed by atoms with E-state index in [1.807, 2.05) is 29.8 Å².